The van der Waals surface area contributed by atoms with Gasteiger partial charge >= 0.3 is 0 Å². The molecule has 1 aromatic heterocycles. The number of carbonyl (C=O) groups excluding carboxylic acids is 2. The average molecular weight is 406 g/mol. The number of amides is 2. The minimum Gasteiger partial charge on any atom is -0.416 e. The number of nitrogens with one attached hydrogen (secondary N) is 1. The third-order valence-electron chi connectivity index (χ3n) is 4.56. The highest BCUT2D eigenvalue weighted by Crippen LogP contribution is 2.24. The topological polar surface area (TPSA) is 88.3 Å². The summed E-state index contributed by atoms with van der Waals surface area (Å²) < 4.78 is 5.78. The van der Waals surface area contributed by atoms with Crippen molar-refractivity contribution in [3.05, 3.63) is 59.7 Å². The molecule has 1 heterocycles. The lowest BCUT2D eigenvalue weighted by Gasteiger charge is -2.21. The zero-order chi connectivity index (χ0) is 21.7. The minimum atomic E-state index is -0.200. The van der Waals surface area contributed by atoms with Gasteiger partial charge in [0.05, 0.1) is 6.54 Å². The Morgan fingerprint density at radius 1 is 0.967 bits per heavy atom. The molecule has 0 atom stereocenters. The molecule has 0 bridgehead atoms. The van der Waals surface area contributed by atoms with E-state index in [-0.39, 0.29) is 24.4 Å². The molecule has 0 radical (unpaired) electrons. The van der Waals surface area contributed by atoms with Crippen molar-refractivity contribution >= 4 is 11.8 Å². The molecular weight excluding hydrogens is 380 g/mol. The lowest BCUT2D eigenvalue weighted by Crippen LogP contribution is -2.42. The minimum absolute atomic E-state index is 0.0266. The van der Waals surface area contributed by atoms with Crippen LogP contribution in [0.2, 0.25) is 0 Å². The summed E-state index contributed by atoms with van der Waals surface area (Å²) in [4.78, 5) is 26.3. The molecule has 0 aliphatic heterocycles. The van der Waals surface area contributed by atoms with Crippen molar-refractivity contribution < 1.29 is 14.0 Å². The van der Waals surface area contributed by atoms with Crippen LogP contribution in [-0.2, 0) is 4.79 Å². The maximum Gasteiger partial charge on any atom is 0.254 e. The number of carbonyl (C=O) groups is 2. The van der Waals surface area contributed by atoms with Crippen LogP contribution in [0.4, 0.5) is 0 Å². The molecular formula is C23H26N4O3. The first kappa shape index (κ1) is 21.2. The maximum absolute atomic E-state index is 12.8. The van der Waals surface area contributed by atoms with Crippen LogP contribution in [0.25, 0.3) is 22.9 Å². The van der Waals surface area contributed by atoms with Gasteiger partial charge in [-0.25, -0.2) is 0 Å². The summed E-state index contributed by atoms with van der Waals surface area (Å²) in [7, 11) is 0. The molecule has 7 heteroatoms. The number of likely N-dealkylation sites (N-methyl/N-ethyl adjacent to an activating group) is 1. The van der Waals surface area contributed by atoms with E-state index in [4.69, 9.17) is 4.42 Å². The Morgan fingerprint density at radius 3 is 2.00 bits per heavy atom. The molecule has 7 nitrogen and oxygen atoms in total. The van der Waals surface area contributed by atoms with Gasteiger partial charge in [-0.05, 0) is 64.1 Å². The van der Waals surface area contributed by atoms with Crippen LogP contribution in [0.3, 0.4) is 0 Å². The summed E-state index contributed by atoms with van der Waals surface area (Å²) in [6.07, 6.45) is 0. The summed E-state index contributed by atoms with van der Waals surface area (Å²) >= 11 is 0. The van der Waals surface area contributed by atoms with Crippen LogP contribution in [0.1, 0.15) is 36.7 Å². The highest BCUT2D eigenvalue weighted by atomic mass is 16.4. The summed E-state index contributed by atoms with van der Waals surface area (Å²) in [5.41, 5.74) is 3.22. The standard InChI is InChI=1S/C23H26N4O3/c1-5-27(14-20(28)24-15(2)3)23(29)19-12-10-18(11-13-19)22-26-25-21(30-22)17-8-6-16(4)7-9-17/h6-13,15H,5,14H2,1-4H3,(H,24,28). The van der Waals surface area contributed by atoms with Gasteiger partial charge in [-0.3, -0.25) is 9.59 Å². The Hall–Kier alpha value is -3.48. The van der Waals surface area contributed by atoms with Crippen molar-refractivity contribution in [3.8, 4) is 22.9 Å². The lowest BCUT2D eigenvalue weighted by atomic mass is 10.1. The fourth-order valence-corrected chi connectivity index (χ4v) is 2.96. The molecule has 156 valence electrons. The first-order chi connectivity index (χ1) is 14.4. The van der Waals surface area contributed by atoms with Crippen molar-refractivity contribution in [2.24, 2.45) is 0 Å². The summed E-state index contributed by atoms with van der Waals surface area (Å²) in [5.74, 6) is 0.451. The molecule has 0 aliphatic carbocycles. The fourth-order valence-electron chi connectivity index (χ4n) is 2.96. The van der Waals surface area contributed by atoms with E-state index in [1.807, 2.05) is 52.0 Å². The Bertz CT molecular complexity index is 1010. The van der Waals surface area contributed by atoms with E-state index in [0.717, 1.165) is 16.7 Å². The number of benzene rings is 2. The molecule has 2 amide bonds. The SMILES string of the molecule is CCN(CC(=O)NC(C)C)C(=O)c1ccc(-c2nnc(-c3ccc(C)cc3)o2)cc1. The smallest absolute Gasteiger partial charge is 0.254 e. The van der Waals surface area contributed by atoms with Crippen LogP contribution < -0.4 is 5.32 Å². The summed E-state index contributed by atoms with van der Waals surface area (Å²) in [5, 5.41) is 11.0. The molecule has 3 rings (SSSR count). The monoisotopic (exact) mass is 406 g/mol. The number of hydrogen-bond acceptors (Lipinski definition) is 5. The quantitative estimate of drug-likeness (QED) is 0.646. The second kappa shape index (κ2) is 9.35. The number of rotatable bonds is 7. The Balaban J connectivity index is 1.72. The van der Waals surface area contributed by atoms with Gasteiger partial charge in [0.2, 0.25) is 17.7 Å². The third kappa shape index (κ3) is 5.11. The highest BCUT2D eigenvalue weighted by molar-refractivity contribution is 5.96. The first-order valence-corrected chi connectivity index (χ1v) is 9.97. The van der Waals surface area contributed by atoms with Crippen molar-refractivity contribution in [3.63, 3.8) is 0 Å². The molecule has 0 saturated carbocycles. The molecule has 0 unspecified atom stereocenters. The summed E-state index contributed by atoms with van der Waals surface area (Å²) in [6.45, 7) is 8.10. The van der Waals surface area contributed by atoms with Gasteiger partial charge in [-0.1, -0.05) is 17.7 Å². The molecule has 0 aliphatic rings. The van der Waals surface area contributed by atoms with Gasteiger partial charge in [-0.2, -0.15) is 0 Å². The third-order valence-corrected chi connectivity index (χ3v) is 4.56. The number of aryl methyl sites for hydroxylation is 1. The Labute approximate surface area is 176 Å². The van der Waals surface area contributed by atoms with Crippen LogP contribution in [0.15, 0.2) is 52.9 Å². The number of hydrogen-bond donors (Lipinski definition) is 1. The van der Waals surface area contributed by atoms with Crippen molar-refractivity contribution in [2.45, 2.75) is 33.7 Å². The molecule has 1 N–H and O–H groups in total. The van der Waals surface area contributed by atoms with Gasteiger partial charge in [-0.15, -0.1) is 10.2 Å². The van der Waals surface area contributed by atoms with Crippen LogP contribution in [-0.4, -0.2) is 46.0 Å². The van der Waals surface area contributed by atoms with Crippen molar-refractivity contribution in [1.82, 2.24) is 20.4 Å². The fraction of sp³-hybridized carbons (Fsp3) is 0.304. The predicted octanol–water partition coefficient (Wildman–Crippen LogP) is 3.70. The molecule has 0 fully saturated rings. The maximum atomic E-state index is 12.8. The largest absolute Gasteiger partial charge is 0.416 e. The van der Waals surface area contributed by atoms with Gasteiger partial charge in [0, 0.05) is 29.3 Å². The zero-order valence-electron chi connectivity index (χ0n) is 17.7. The van der Waals surface area contributed by atoms with Gasteiger partial charge in [0.15, 0.2) is 0 Å². The summed E-state index contributed by atoms with van der Waals surface area (Å²) in [6, 6.07) is 14.8. The highest BCUT2D eigenvalue weighted by Gasteiger charge is 2.18. The van der Waals surface area contributed by atoms with Crippen LogP contribution in [0, 0.1) is 6.92 Å². The van der Waals surface area contributed by atoms with Gasteiger partial charge in [0.1, 0.15) is 0 Å². The number of nitrogens with zero attached hydrogens (tertiary/aromatic N) is 3. The molecule has 0 saturated heterocycles. The number of aromatic nitrogens is 2. The second-order valence-corrected chi connectivity index (χ2v) is 7.40. The lowest BCUT2D eigenvalue weighted by molar-refractivity contribution is -0.122. The normalized spacial score (nSPS) is 10.8. The molecule has 30 heavy (non-hydrogen) atoms. The Morgan fingerprint density at radius 2 is 1.50 bits per heavy atom. The van der Waals surface area contributed by atoms with E-state index in [9.17, 15) is 9.59 Å². The van der Waals surface area contributed by atoms with Gasteiger partial charge in [0.25, 0.3) is 5.91 Å². The molecule has 2 aromatic carbocycles. The molecule has 3 aromatic rings. The second-order valence-electron chi connectivity index (χ2n) is 7.40. The van der Waals surface area contributed by atoms with E-state index in [1.54, 1.807) is 24.3 Å². The van der Waals surface area contributed by atoms with Gasteiger partial charge < -0.3 is 14.6 Å². The van der Waals surface area contributed by atoms with E-state index in [1.165, 1.54) is 4.90 Å². The first-order valence-electron chi connectivity index (χ1n) is 9.97. The van der Waals surface area contributed by atoms with E-state index in [0.29, 0.717) is 23.9 Å². The van der Waals surface area contributed by atoms with Crippen molar-refractivity contribution in [2.75, 3.05) is 13.1 Å². The van der Waals surface area contributed by atoms with Crippen LogP contribution in [0.5, 0.6) is 0 Å². The Kier molecular flexibility index (Phi) is 6.61. The van der Waals surface area contributed by atoms with Crippen LogP contribution >= 0.6 is 0 Å². The van der Waals surface area contributed by atoms with E-state index < -0.39 is 0 Å². The predicted molar refractivity (Wildman–Crippen MR) is 115 cm³/mol. The van der Waals surface area contributed by atoms with Crippen molar-refractivity contribution in [1.29, 1.82) is 0 Å². The average Bonchev–Trinajstić information content (AvgIpc) is 3.22. The molecule has 0 spiro atoms. The van der Waals surface area contributed by atoms with E-state index >= 15 is 0 Å². The zero-order valence-corrected chi connectivity index (χ0v) is 17.7. The van der Waals surface area contributed by atoms with E-state index in [2.05, 4.69) is 15.5 Å².